The molecule has 1 aromatic heterocycles. The number of hydrogen-bond donors (Lipinski definition) is 3. The van der Waals surface area contributed by atoms with Crippen LogP contribution in [0.5, 0.6) is 0 Å². The Hall–Kier alpha value is -1.71. The highest BCUT2D eigenvalue weighted by atomic mass is 32.1. The first kappa shape index (κ1) is 17.3. The number of carbonyl (C=O) groups excluding carboxylic acids is 1. The maximum Gasteiger partial charge on any atom is 0.355 e. The Morgan fingerprint density at radius 3 is 2.81 bits per heavy atom. The molecule has 0 aromatic carbocycles. The van der Waals surface area contributed by atoms with Gasteiger partial charge in [0.2, 0.25) is 0 Å². The minimum absolute atomic E-state index is 0.0180. The topological polar surface area (TPSA) is 110 Å². The Morgan fingerprint density at radius 2 is 2.19 bits per heavy atom. The summed E-state index contributed by atoms with van der Waals surface area (Å²) in [7, 11) is 1.59. The van der Waals surface area contributed by atoms with Crippen molar-refractivity contribution in [2.75, 3.05) is 33.5 Å². The zero-order valence-corrected chi connectivity index (χ0v) is 12.7. The van der Waals surface area contributed by atoms with Crippen molar-refractivity contribution in [3.8, 4) is 0 Å². The lowest BCUT2D eigenvalue weighted by Crippen LogP contribution is -2.38. The first-order chi connectivity index (χ1) is 10.0. The van der Waals surface area contributed by atoms with Crippen molar-refractivity contribution in [1.29, 1.82) is 0 Å². The summed E-state index contributed by atoms with van der Waals surface area (Å²) < 4.78 is 10.0. The van der Waals surface area contributed by atoms with Gasteiger partial charge in [0.1, 0.15) is 5.01 Å². The molecule has 8 nitrogen and oxygen atoms in total. The van der Waals surface area contributed by atoms with Crippen LogP contribution in [0.4, 0.5) is 4.79 Å². The number of ether oxygens (including phenoxy) is 2. The third kappa shape index (κ3) is 6.52. The van der Waals surface area contributed by atoms with Gasteiger partial charge < -0.3 is 25.2 Å². The van der Waals surface area contributed by atoms with E-state index in [0.717, 1.165) is 0 Å². The Kier molecular flexibility index (Phi) is 7.65. The summed E-state index contributed by atoms with van der Waals surface area (Å²) >= 11 is 1.19. The third-order valence-electron chi connectivity index (χ3n) is 2.42. The molecular weight excluding hydrogens is 298 g/mol. The average Bonchev–Trinajstić information content (AvgIpc) is 2.92. The zero-order valence-electron chi connectivity index (χ0n) is 11.9. The predicted molar refractivity (Wildman–Crippen MR) is 76.7 cm³/mol. The number of amides is 2. The van der Waals surface area contributed by atoms with Gasteiger partial charge >= 0.3 is 12.0 Å². The molecule has 21 heavy (non-hydrogen) atoms. The monoisotopic (exact) mass is 317 g/mol. The highest BCUT2D eigenvalue weighted by Gasteiger charge is 2.15. The second-order valence-electron chi connectivity index (χ2n) is 4.10. The molecule has 0 bridgehead atoms. The van der Waals surface area contributed by atoms with Gasteiger partial charge in [0.05, 0.1) is 25.9 Å². The summed E-state index contributed by atoms with van der Waals surface area (Å²) in [6, 6.07) is -0.720. The fraction of sp³-hybridized carbons (Fsp3) is 0.583. The molecule has 2 amide bonds. The van der Waals surface area contributed by atoms with E-state index >= 15 is 0 Å². The average molecular weight is 317 g/mol. The molecule has 1 atom stereocenters. The highest BCUT2D eigenvalue weighted by Crippen LogP contribution is 2.17. The van der Waals surface area contributed by atoms with Crippen molar-refractivity contribution < 1.29 is 24.2 Å². The zero-order chi connectivity index (χ0) is 15.7. The van der Waals surface area contributed by atoms with Gasteiger partial charge in [-0.1, -0.05) is 0 Å². The van der Waals surface area contributed by atoms with Gasteiger partial charge in [-0.05, 0) is 6.92 Å². The molecule has 0 aliphatic heterocycles. The van der Waals surface area contributed by atoms with E-state index in [9.17, 15) is 9.59 Å². The van der Waals surface area contributed by atoms with Gasteiger partial charge in [-0.2, -0.15) is 0 Å². The van der Waals surface area contributed by atoms with Crippen LogP contribution >= 0.6 is 11.3 Å². The Bertz CT molecular complexity index is 466. The lowest BCUT2D eigenvalue weighted by atomic mass is 10.3. The summed E-state index contributed by atoms with van der Waals surface area (Å²) in [5.74, 6) is -1.08. The number of hydrogen-bond acceptors (Lipinski definition) is 6. The van der Waals surface area contributed by atoms with Crippen LogP contribution in [0.25, 0.3) is 0 Å². The number of aromatic carboxylic acids is 1. The molecule has 0 aliphatic carbocycles. The second kappa shape index (κ2) is 9.27. The van der Waals surface area contributed by atoms with Crippen molar-refractivity contribution in [2.24, 2.45) is 0 Å². The lowest BCUT2D eigenvalue weighted by Gasteiger charge is -2.12. The quantitative estimate of drug-likeness (QED) is 0.583. The molecule has 3 N–H and O–H groups in total. The van der Waals surface area contributed by atoms with Gasteiger partial charge in [0.25, 0.3) is 0 Å². The fourth-order valence-corrected chi connectivity index (χ4v) is 2.18. The molecule has 9 heteroatoms. The standard InChI is InChI=1S/C12H19N3O5S/c1-8(10-15-9(7-21-10)11(16)17)14-12(18)13-3-4-20-6-5-19-2/h7-8H,3-6H2,1-2H3,(H,16,17)(H2,13,14,18). The van der Waals surface area contributed by atoms with E-state index in [1.165, 1.54) is 16.7 Å². The Morgan fingerprint density at radius 1 is 1.43 bits per heavy atom. The Balaban J connectivity index is 2.25. The van der Waals surface area contributed by atoms with E-state index in [-0.39, 0.29) is 17.8 Å². The van der Waals surface area contributed by atoms with Crippen LogP contribution in [0.1, 0.15) is 28.5 Å². The number of nitrogens with one attached hydrogen (secondary N) is 2. The number of carboxylic acids is 1. The van der Waals surface area contributed by atoms with Gasteiger partial charge in [-0.25, -0.2) is 14.6 Å². The van der Waals surface area contributed by atoms with Crippen molar-refractivity contribution in [2.45, 2.75) is 13.0 Å². The lowest BCUT2D eigenvalue weighted by molar-refractivity contribution is 0.0691. The maximum atomic E-state index is 11.6. The van der Waals surface area contributed by atoms with E-state index in [2.05, 4.69) is 15.6 Å². The summed E-state index contributed by atoms with van der Waals surface area (Å²) in [6.45, 7) is 3.50. The number of carbonyl (C=O) groups is 2. The van der Waals surface area contributed by atoms with Crippen LogP contribution in [-0.2, 0) is 9.47 Å². The summed E-state index contributed by atoms with van der Waals surface area (Å²) in [5, 5.41) is 16.1. The third-order valence-corrected chi connectivity index (χ3v) is 3.45. The largest absolute Gasteiger partial charge is 0.476 e. The maximum absolute atomic E-state index is 11.6. The van der Waals surface area contributed by atoms with E-state index in [4.69, 9.17) is 14.6 Å². The first-order valence-electron chi connectivity index (χ1n) is 6.34. The van der Waals surface area contributed by atoms with Crippen LogP contribution in [-0.4, -0.2) is 55.6 Å². The van der Waals surface area contributed by atoms with E-state index in [1.807, 2.05) is 0 Å². The second-order valence-corrected chi connectivity index (χ2v) is 4.99. The van der Waals surface area contributed by atoms with E-state index in [0.29, 0.717) is 31.4 Å². The summed E-state index contributed by atoms with van der Waals surface area (Å²) in [4.78, 5) is 26.3. The summed E-state index contributed by atoms with van der Waals surface area (Å²) in [6.07, 6.45) is 0. The number of nitrogens with zero attached hydrogens (tertiary/aromatic N) is 1. The van der Waals surface area contributed by atoms with Crippen LogP contribution in [0, 0.1) is 0 Å². The minimum Gasteiger partial charge on any atom is -0.476 e. The molecule has 1 heterocycles. The van der Waals surface area contributed by atoms with Gasteiger partial charge in [0.15, 0.2) is 5.69 Å². The molecule has 0 spiro atoms. The number of thiazole rings is 1. The van der Waals surface area contributed by atoms with E-state index < -0.39 is 5.97 Å². The van der Waals surface area contributed by atoms with E-state index in [1.54, 1.807) is 14.0 Å². The van der Waals surface area contributed by atoms with Crippen LogP contribution in [0.15, 0.2) is 5.38 Å². The minimum atomic E-state index is -1.08. The normalized spacial score (nSPS) is 11.9. The molecular formula is C12H19N3O5S. The number of carboxylic acid groups (broad SMARTS) is 1. The highest BCUT2D eigenvalue weighted by molar-refractivity contribution is 7.09. The fourth-order valence-electron chi connectivity index (χ4n) is 1.38. The Labute approximate surface area is 126 Å². The molecule has 0 saturated carbocycles. The van der Waals surface area contributed by atoms with Gasteiger partial charge in [-0.15, -0.1) is 11.3 Å². The smallest absolute Gasteiger partial charge is 0.355 e. The van der Waals surface area contributed by atoms with Crippen molar-refractivity contribution in [1.82, 2.24) is 15.6 Å². The SMILES string of the molecule is COCCOCCNC(=O)NC(C)c1nc(C(=O)O)cs1. The molecule has 118 valence electrons. The first-order valence-corrected chi connectivity index (χ1v) is 7.22. The van der Waals surface area contributed by atoms with Crippen LogP contribution < -0.4 is 10.6 Å². The summed E-state index contributed by atoms with van der Waals surface area (Å²) in [5.41, 5.74) is -0.0180. The van der Waals surface area contributed by atoms with Crippen LogP contribution in [0.3, 0.4) is 0 Å². The van der Waals surface area contributed by atoms with Gasteiger partial charge in [0, 0.05) is 19.0 Å². The van der Waals surface area contributed by atoms with Gasteiger partial charge in [-0.3, -0.25) is 0 Å². The molecule has 1 aromatic rings. The number of urea groups is 1. The predicted octanol–water partition coefficient (Wildman–Crippen LogP) is 0.865. The van der Waals surface area contributed by atoms with Crippen LogP contribution in [0.2, 0.25) is 0 Å². The van der Waals surface area contributed by atoms with Crippen molar-refractivity contribution >= 4 is 23.3 Å². The van der Waals surface area contributed by atoms with Crippen molar-refractivity contribution in [3.63, 3.8) is 0 Å². The number of methoxy groups -OCH3 is 1. The molecule has 0 fully saturated rings. The van der Waals surface area contributed by atoms with Crippen molar-refractivity contribution in [3.05, 3.63) is 16.1 Å². The molecule has 0 saturated heterocycles. The number of rotatable bonds is 9. The molecule has 0 radical (unpaired) electrons. The molecule has 1 rings (SSSR count). The number of aromatic nitrogens is 1. The molecule has 0 aliphatic rings. The molecule has 1 unspecified atom stereocenters.